The number of pyridine rings is 1. The highest BCUT2D eigenvalue weighted by Gasteiger charge is 2.21. The molecule has 0 atom stereocenters. The van der Waals surface area contributed by atoms with Gasteiger partial charge in [0.2, 0.25) is 6.79 Å². The molecule has 2 amide bonds. The maximum Gasteiger partial charge on any atom is 0.341 e. The molecule has 0 aliphatic carbocycles. The third-order valence-electron chi connectivity index (χ3n) is 3.79. The zero-order chi connectivity index (χ0) is 18.8. The molecule has 2 aromatic heterocycles. The molecule has 8 nitrogen and oxygen atoms in total. The number of rotatable bonds is 4. The Balaban J connectivity index is 1.71. The quantitative estimate of drug-likeness (QED) is 0.662. The van der Waals surface area contributed by atoms with Crippen LogP contribution in [0.4, 0.5) is 15.6 Å². The van der Waals surface area contributed by atoms with Gasteiger partial charge >= 0.3 is 12.0 Å². The Morgan fingerprint density at radius 3 is 2.78 bits per heavy atom. The second-order valence-electron chi connectivity index (χ2n) is 5.56. The number of amides is 2. The minimum absolute atomic E-state index is 0.105. The molecule has 9 heteroatoms. The summed E-state index contributed by atoms with van der Waals surface area (Å²) in [6.07, 6.45) is 0. The number of carbonyl (C=O) groups is 2. The summed E-state index contributed by atoms with van der Waals surface area (Å²) in [5, 5.41) is 8.50. The van der Waals surface area contributed by atoms with Crippen molar-refractivity contribution in [3.05, 3.63) is 41.3 Å². The van der Waals surface area contributed by atoms with Crippen molar-refractivity contribution in [3.8, 4) is 11.5 Å². The predicted molar refractivity (Wildman–Crippen MR) is 101 cm³/mol. The maximum atomic E-state index is 12.4. The van der Waals surface area contributed by atoms with Crippen LogP contribution in [0.25, 0.3) is 10.9 Å². The number of hydrogen-bond donors (Lipinski definition) is 2. The van der Waals surface area contributed by atoms with Crippen LogP contribution in [0.3, 0.4) is 0 Å². The van der Waals surface area contributed by atoms with E-state index in [0.29, 0.717) is 27.4 Å². The van der Waals surface area contributed by atoms with Crippen molar-refractivity contribution >= 4 is 45.1 Å². The standard InChI is InChI=1S/C18H15N3O5S/c1-2-24-17(22)11-6-10-7-13-14(26-9-25-13)8-12(10)19-16(11)21-18(23)20-15-4-3-5-27-15/h3-8H,2,9H2,1H3,(H2,19,20,21,23). The third-order valence-corrected chi connectivity index (χ3v) is 4.58. The van der Waals surface area contributed by atoms with E-state index in [9.17, 15) is 9.59 Å². The van der Waals surface area contributed by atoms with E-state index in [1.54, 1.807) is 31.2 Å². The second kappa shape index (κ2) is 7.12. The van der Waals surface area contributed by atoms with Crippen LogP contribution in [0.5, 0.6) is 11.5 Å². The molecule has 0 fully saturated rings. The van der Waals surface area contributed by atoms with Gasteiger partial charge in [0.1, 0.15) is 11.4 Å². The average molecular weight is 385 g/mol. The minimum Gasteiger partial charge on any atom is -0.462 e. The van der Waals surface area contributed by atoms with E-state index in [1.807, 2.05) is 11.4 Å². The van der Waals surface area contributed by atoms with Gasteiger partial charge in [-0.2, -0.15) is 0 Å². The molecule has 3 aromatic rings. The Hall–Kier alpha value is -3.33. The first-order valence-electron chi connectivity index (χ1n) is 8.17. The highest BCUT2D eigenvalue weighted by Crippen LogP contribution is 2.36. The molecule has 3 heterocycles. The molecular weight excluding hydrogens is 370 g/mol. The van der Waals surface area contributed by atoms with E-state index in [2.05, 4.69) is 15.6 Å². The van der Waals surface area contributed by atoms with E-state index in [0.717, 1.165) is 0 Å². The molecule has 4 rings (SSSR count). The van der Waals surface area contributed by atoms with Crippen LogP contribution in [0.15, 0.2) is 35.7 Å². The lowest BCUT2D eigenvalue weighted by molar-refractivity contribution is 0.0527. The number of nitrogens with zero attached hydrogens (tertiary/aromatic N) is 1. The van der Waals surface area contributed by atoms with E-state index < -0.39 is 12.0 Å². The first kappa shape index (κ1) is 17.1. The lowest BCUT2D eigenvalue weighted by Gasteiger charge is -2.12. The molecule has 0 bridgehead atoms. The van der Waals surface area contributed by atoms with Crippen molar-refractivity contribution in [2.24, 2.45) is 0 Å². The predicted octanol–water partition coefficient (Wildman–Crippen LogP) is 3.85. The minimum atomic E-state index is -0.573. The first-order valence-corrected chi connectivity index (χ1v) is 9.05. The SMILES string of the molecule is CCOC(=O)c1cc2cc3c(cc2nc1NC(=O)Nc1cccs1)OCO3. The van der Waals surface area contributed by atoms with Gasteiger partial charge in [-0.3, -0.25) is 10.6 Å². The Labute approximate surface area is 158 Å². The summed E-state index contributed by atoms with van der Waals surface area (Å²) >= 11 is 1.38. The van der Waals surface area contributed by atoms with Gasteiger partial charge in [0.15, 0.2) is 11.5 Å². The summed E-state index contributed by atoms with van der Waals surface area (Å²) in [6, 6.07) is 8.14. The normalized spacial score (nSPS) is 12.0. The number of nitrogens with one attached hydrogen (secondary N) is 2. The smallest absolute Gasteiger partial charge is 0.341 e. The van der Waals surface area contributed by atoms with Crippen LogP contribution in [0.2, 0.25) is 0 Å². The molecular formula is C18H15N3O5S. The molecule has 0 saturated carbocycles. The Kier molecular flexibility index (Phi) is 4.51. The van der Waals surface area contributed by atoms with Gasteiger partial charge in [-0.25, -0.2) is 14.6 Å². The van der Waals surface area contributed by atoms with Crippen LogP contribution in [0.1, 0.15) is 17.3 Å². The van der Waals surface area contributed by atoms with E-state index in [1.165, 1.54) is 11.3 Å². The third kappa shape index (κ3) is 3.49. The van der Waals surface area contributed by atoms with Crippen molar-refractivity contribution in [2.75, 3.05) is 24.0 Å². The van der Waals surface area contributed by atoms with Crippen molar-refractivity contribution in [2.45, 2.75) is 6.92 Å². The molecule has 0 radical (unpaired) electrons. The van der Waals surface area contributed by atoms with Crippen molar-refractivity contribution in [1.29, 1.82) is 0 Å². The fourth-order valence-corrected chi connectivity index (χ4v) is 3.24. The molecule has 1 aliphatic heterocycles. The number of ether oxygens (including phenoxy) is 3. The largest absolute Gasteiger partial charge is 0.462 e. The second-order valence-corrected chi connectivity index (χ2v) is 6.51. The van der Waals surface area contributed by atoms with Crippen LogP contribution in [-0.4, -0.2) is 30.4 Å². The maximum absolute atomic E-state index is 12.4. The Morgan fingerprint density at radius 1 is 1.22 bits per heavy atom. The zero-order valence-corrected chi connectivity index (χ0v) is 15.1. The number of esters is 1. The van der Waals surface area contributed by atoms with Crippen molar-refractivity contribution < 1.29 is 23.8 Å². The molecule has 0 spiro atoms. The summed E-state index contributed by atoms with van der Waals surface area (Å²) in [7, 11) is 0. The summed E-state index contributed by atoms with van der Waals surface area (Å²) < 4.78 is 15.8. The summed E-state index contributed by atoms with van der Waals surface area (Å²) in [4.78, 5) is 29.1. The van der Waals surface area contributed by atoms with E-state index in [4.69, 9.17) is 14.2 Å². The molecule has 138 valence electrons. The number of fused-ring (bicyclic) bond motifs is 2. The number of carbonyl (C=O) groups excluding carboxylic acids is 2. The molecule has 27 heavy (non-hydrogen) atoms. The molecule has 0 saturated heterocycles. The van der Waals surface area contributed by atoms with Gasteiger partial charge in [0.25, 0.3) is 0 Å². The van der Waals surface area contributed by atoms with Crippen LogP contribution in [0, 0.1) is 0 Å². The number of urea groups is 1. The number of anilines is 2. The van der Waals surface area contributed by atoms with Gasteiger partial charge in [0.05, 0.1) is 17.1 Å². The first-order chi connectivity index (χ1) is 13.1. The molecule has 1 aromatic carbocycles. The van der Waals surface area contributed by atoms with Gasteiger partial charge in [-0.15, -0.1) is 11.3 Å². The average Bonchev–Trinajstić information content (AvgIpc) is 3.30. The number of hydrogen-bond acceptors (Lipinski definition) is 7. The molecule has 1 aliphatic rings. The highest BCUT2D eigenvalue weighted by atomic mass is 32.1. The van der Waals surface area contributed by atoms with Crippen LogP contribution >= 0.6 is 11.3 Å². The number of benzene rings is 1. The number of aromatic nitrogens is 1. The summed E-state index contributed by atoms with van der Waals surface area (Å²) in [5.41, 5.74) is 0.711. The zero-order valence-electron chi connectivity index (χ0n) is 14.3. The summed E-state index contributed by atoms with van der Waals surface area (Å²) in [6.45, 7) is 2.05. The summed E-state index contributed by atoms with van der Waals surface area (Å²) in [5.74, 6) is 0.674. The Morgan fingerprint density at radius 2 is 2.04 bits per heavy atom. The van der Waals surface area contributed by atoms with Gasteiger partial charge in [-0.1, -0.05) is 0 Å². The van der Waals surface area contributed by atoms with Crippen molar-refractivity contribution in [3.63, 3.8) is 0 Å². The van der Waals surface area contributed by atoms with Gasteiger partial charge < -0.3 is 14.2 Å². The van der Waals surface area contributed by atoms with Crippen molar-refractivity contribution in [1.82, 2.24) is 4.98 Å². The van der Waals surface area contributed by atoms with Crippen LogP contribution in [-0.2, 0) is 4.74 Å². The lowest BCUT2D eigenvalue weighted by Crippen LogP contribution is -2.22. The lowest BCUT2D eigenvalue weighted by atomic mass is 10.1. The topological polar surface area (TPSA) is 98.8 Å². The monoisotopic (exact) mass is 385 g/mol. The van der Waals surface area contributed by atoms with E-state index in [-0.39, 0.29) is 24.8 Å². The van der Waals surface area contributed by atoms with Crippen LogP contribution < -0.4 is 20.1 Å². The highest BCUT2D eigenvalue weighted by molar-refractivity contribution is 7.14. The Bertz CT molecular complexity index is 1020. The molecule has 0 unspecified atom stereocenters. The molecule has 2 N–H and O–H groups in total. The fourth-order valence-electron chi connectivity index (χ4n) is 2.62. The van der Waals surface area contributed by atoms with E-state index >= 15 is 0 Å². The van der Waals surface area contributed by atoms with Gasteiger partial charge in [0, 0.05) is 11.5 Å². The number of thiophene rings is 1. The fraction of sp³-hybridized carbons (Fsp3) is 0.167. The van der Waals surface area contributed by atoms with Gasteiger partial charge in [-0.05, 0) is 36.6 Å².